The van der Waals surface area contributed by atoms with E-state index in [1.807, 2.05) is 49.4 Å². The summed E-state index contributed by atoms with van der Waals surface area (Å²) in [5, 5.41) is 3.00. The van der Waals surface area contributed by atoms with E-state index < -0.39 is 17.2 Å². The number of benzene rings is 2. The lowest BCUT2D eigenvalue weighted by Crippen LogP contribution is -2.25. The van der Waals surface area contributed by atoms with Crippen molar-refractivity contribution in [3.05, 3.63) is 96.1 Å². The first-order chi connectivity index (χ1) is 12.7. The van der Waals surface area contributed by atoms with Crippen LogP contribution in [0.4, 0.5) is 18.9 Å². The maximum absolute atomic E-state index is 13.3. The van der Waals surface area contributed by atoms with Crippen LogP contribution >= 0.6 is 0 Å². The molecule has 0 aromatic heterocycles. The Morgan fingerprint density at radius 1 is 1.11 bits per heavy atom. The van der Waals surface area contributed by atoms with Gasteiger partial charge >= 0.3 is 6.18 Å². The highest BCUT2D eigenvalue weighted by Crippen LogP contribution is 2.42. The van der Waals surface area contributed by atoms with Crippen LogP contribution in [-0.2, 0) is 11.6 Å². The first-order valence-corrected chi connectivity index (χ1v) is 8.65. The molecule has 2 rings (SSSR count). The molecule has 27 heavy (non-hydrogen) atoms. The quantitative estimate of drug-likeness (QED) is 0.414. The third-order valence-corrected chi connectivity index (χ3v) is 4.75. The van der Waals surface area contributed by atoms with E-state index in [1.165, 1.54) is 12.1 Å². The van der Waals surface area contributed by atoms with Crippen LogP contribution in [0.15, 0.2) is 79.4 Å². The number of hydrogen-bond donors (Lipinski definition) is 1. The summed E-state index contributed by atoms with van der Waals surface area (Å²) < 4.78 is 39.8. The zero-order valence-corrected chi connectivity index (χ0v) is 15.6. The second-order valence-corrected chi connectivity index (χ2v) is 6.60. The van der Waals surface area contributed by atoms with E-state index in [0.29, 0.717) is 23.2 Å². The predicted octanol–water partition coefficient (Wildman–Crippen LogP) is 6.85. The summed E-state index contributed by atoms with van der Waals surface area (Å²) in [6.07, 6.45) is 1.54. The van der Waals surface area contributed by atoms with E-state index in [4.69, 9.17) is 0 Å². The molecular weight excluding hydrogens is 347 g/mol. The Morgan fingerprint density at radius 3 is 2.33 bits per heavy atom. The minimum Gasteiger partial charge on any atom is -0.388 e. The summed E-state index contributed by atoms with van der Waals surface area (Å²) >= 11 is 0. The maximum atomic E-state index is 13.3. The standard InChI is InChI=1S/C23H24F3N/c1-5-15-22(3,17(2)11-12-18-9-7-6-8-10-18)20-16-19(23(24,25)26)13-14-21(20)27-4/h5-14,16,27H,1-2,15H2,3-4H3. The van der Waals surface area contributed by atoms with Gasteiger partial charge in [-0.3, -0.25) is 0 Å². The third-order valence-electron chi connectivity index (χ3n) is 4.75. The fourth-order valence-corrected chi connectivity index (χ4v) is 3.04. The van der Waals surface area contributed by atoms with Crippen LogP contribution in [0.5, 0.6) is 0 Å². The molecule has 0 saturated carbocycles. The summed E-state index contributed by atoms with van der Waals surface area (Å²) in [7, 11) is 1.70. The van der Waals surface area contributed by atoms with Crippen molar-refractivity contribution < 1.29 is 13.2 Å². The van der Waals surface area contributed by atoms with Crippen LogP contribution in [0.2, 0.25) is 0 Å². The zero-order valence-electron chi connectivity index (χ0n) is 15.6. The van der Waals surface area contributed by atoms with Gasteiger partial charge in [-0.2, -0.15) is 13.2 Å². The Balaban J connectivity index is 2.52. The maximum Gasteiger partial charge on any atom is 0.416 e. The molecule has 0 heterocycles. The first kappa shape index (κ1) is 20.6. The molecule has 0 aliphatic heterocycles. The Hall–Kier alpha value is -2.75. The number of allylic oxidation sites excluding steroid dienone is 3. The molecule has 0 aliphatic rings. The van der Waals surface area contributed by atoms with Crippen molar-refractivity contribution in [2.75, 3.05) is 12.4 Å². The van der Waals surface area contributed by atoms with Gasteiger partial charge in [0, 0.05) is 18.2 Å². The van der Waals surface area contributed by atoms with Gasteiger partial charge < -0.3 is 5.32 Å². The molecule has 4 heteroatoms. The third kappa shape index (κ3) is 4.70. The summed E-state index contributed by atoms with van der Waals surface area (Å²) in [5.41, 5.74) is 1.49. The molecule has 2 aromatic rings. The van der Waals surface area contributed by atoms with Gasteiger partial charge in [-0.25, -0.2) is 0 Å². The van der Waals surface area contributed by atoms with E-state index in [2.05, 4.69) is 18.5 Å². The highest BCUT2D eigenvalue weighted by atomic mass is 19.4. The molecular formula is C23H24F3N. The fraction of sp³-hybridized carbons (Fsp3) is 0.217. The van der Waals surface area contributed by atoms with E-state index in [1.54, 1.807) is 13.1 Å². The van der Waals surface area contributed by atoms with E-state index in [0.717, 1.165) is 11.6 Å². The number of nitrogens with one attached hydrogen (secondary N) is 1. The van der Waals surface area contributed by atoms with Gasteiger partial charge in [0.1, 0.15) is 0 Å². The fourth-order valence-electron chi connectivity index (χ4n) is 3.04. The van der Waals surface area contributed by atoms with Gasteiger partial charge in [0.2, 0.25) is 0 Å². The predicted molar refractivity (Wildman–Crippen MR) is 108 cm³/mol. The molecule has 1 N–H and O–H groups in total. The minimum atomic E-state index is -4.41. The Bertz CT molecular complexity index is 834. The van der Waals surface area contributed by atoms with Crippen LogP contribution in [0.3, 0.4) is 0 Å². The highest BCUT2D eigenvalue weighted by molar-refractivity contribution is 5.62. The molecule has 0 fully saturated rings. The van der Waals surface area contributed by atoms with Crippen molar-refractivity contribution in [2.45, 2.75) is 24.9 Å². The number of hydrogen-bond acceptors (Lipinski definition) is 1. The molecule has 1 nitrogen and oxygen atoms in total. The number of alkyl halides is 3. The lowest BCUT2D eigenvalue weighted by atomic mass is 9.72. The van der Waals surface area contributed by atoms with Gasteiger partial charge in [0.05, 0.1) is 5.56 Å². The van der Waals surface area contributed by atoms with Gasteiger partial charge in [0.25, 0.3) is 0 Å². The SMILES string of the molecule is C=CCC(C)(C(=C)C=Cc1ccccc1)c1cc(C(F)(F)F)ccc1NC. The second-order valence-electron chi connectivity index (χ2n) is 6.60. The lowest BCUT2D eigenvalue weighted by Gasteiger charge is -2.33. The van der Waals surface area contributed by atoms with Gasteiger partial charge in [-0.15, -0.1) is 6.58 Å². The van der Waals surface area contributed by atoms with Gasteiger partial charge in [0.15, 0.2) is 0 Å². The zero-order chi connectivity index (χ0) is 20.1. The van der Waals surface area contributed by atoms with Crippen LogP contribution in [-0.4, -0.2) is 7.05 Å². The second kappa shape index (κ2) is 8.30. The van der Waals surface area contributed by atoms with E-state index in [9.17, 15) is 13.2 Å². The summed E-state index contributed by atoms with van der Waals surface area (Å²) in [6.45, 7) is 9.84. The topological polar surface area (TPSA) is 12.0 Å². The molecule has 0 spiro atoms. The number of rotatable bonds is 7. The number of halogens is 3. The summed E-state index contributed by atoms with van der Waals surface area (Å²) in [4.78, 5) is 0. The molecule has 0 aliphatic carbocycles. The van der Waals surface area contributed by atoms with Crippen LogP contribution in [0, 0.1) is 0 Å². The molecule has 0 saturated heterocycles. The van der Waals surface area contributed by atoms with Gasteiger partial charge in [-0.1, -0.05) is 62.1 Å². The van der Waals surface area contributed by atoms with Crippen LogP contribution in [0.1, 0.15) is 30.0 Å². The average molecular weight is 371 g/mol. The Kier molecular flexibility index (Phi) is 6.32. The van der Waals surface area contributed by atoms with Crippen LogP contribution in [0.25, 0.3) is 6.08 Å². The summed E-state index contributed by atoms with van der Waals surface area (Å²) in [5.74, 6) is 0. The largest absolute Gasteiger partial charge is 0.416 e. The number of anilines is 1. The van der Waals surface area contributed by atoms with Gasteiger partial charge in [-0.05, 0) is 41.3 Å². The molecule has 2 aromatic carbocycles. The van der Waals surface area contributed by atoms with Crippen molar-refractivity contribution in [3.63, 3.8) is 0 Å². The summed E-state index contributed by atoms with van der Waals surface area (Å²) in [6, 6.07) is 13.5. The molecule has 0 radical (unpaired) electrons. The first-order valence-electron chi connectivity index (χ1n) is 8.65. The van der Waals surface area contributed by atoms with Crippen molar-refractivity contribution in [3.8, 4) is 0 Å². The molecule has 1 atom stereocenters. The van der Waals surface area contributed by atoms with Crippen LogP contribution < -0.4 is 5.32 Å². The van der Waals surface area contributed by atoms with E-state index in [-0.39, 0.29) is 0 Å². The van der Waals surface area contributed by atoms with Crippen molar-refractivity contribution >= 4 is 11.8 Å². The lowest BCUT2D eigenvalue weighted by molar-refractivity contribution is -0.137. The monoisotopic (exact) mass is 371 g/mol. The Morgan fingerprint density at radius 2 is 1.78 bits per heavy atom. The minimum absolute atomic E-state index is 0.459. The van der Waals surface area contributed by atoms with Crippen molar-refractivity contribution in [2.24, 2.45) is 0 Å². The molecule has 0 amide bonds. The van der Waals surface area contributed by atoms with Crippen molar-refractivity contribution in [1.82, 2.24) is 0 Å². The highest BCUT2D eigenvalue weighted by Gasteiger charge is 2.35. The normalized spacial score (nSPS) is 14.0. The van der Waals surface area contributed by atoms with E-state index >= 15 is 0 Å². The molecule has 1 unspecified atom stereocenters. The average Bonchev–Trinajstić information content (AvgIpc) is 2.65. The molecule has 142 valence electrons. The smallest absolute Gasteiger partial charge is 0.388 e. The van der Waals surface area contributed by atoms with Crippen molar-refractivity contribution in [1.29, 1.82) is 0 Å². The Labute approximate surface area is 158 Å². The molecule has 0 bridgehead atoms.